The first-order valence-corrected chi connectivity index (χ1v) is 11.5. The minimum Gasteiger partial charge on any atom is -0.480 e. The van der Waals surface area contributed by atoms with E-state index in [1.54, 1.807) is 7.11 Å². The number of aryl methyl sites for hydroxylation is 3. The fourth-order valence-electron chi connectivity index (χ4n) is 4.56. The van der Waals surface area contributed by atoms with Gasteiger partial charge in [-0.3, -0.25) is 0 Å². The van der Waals surface area contributed by atoms with Gasteiger partial charge in [-0.25, -0.2) is 15.0 Å². The molecule has 4 rings (SSSR count). The smallest absolute Gasteiger partial charge is 0.222 e. The van der Waals surface area contributed by atoms with E-state index in [0.717, 1.165) is 52.3 Å². The van der Waals surface area contributed by atoms with Crippen LogP contribution in [-0.2, 0) is 6.54 Å². The summed E-state index contributed by atoms with van der Waals surface area (Å²) in [5.74, 6) is 0.955. The van der Waals surface area contributed by atoms with Crippen LogP contribution in [0.5, 0.6) is 5.88 Å². The lowest BCUT2D eigenvalue weighted by Gasteiger charge is -2.23. The second-order valence-electron chi connectivity index (χ2n) is 9.16. The van der Waals surface area contributed by atoms with Crippen LogP contribution in [0.1, 0.15) is 62.9 Å². The zero-order chi connectivity index (χ0) is 22.1. The van der Waals surface area contributed by atoms with Crippen LogP contribution in [0.25, 0.3) is 22.4 Å². The highest BCUT2D eigenvalue weighted by atomic mass is 16.5. The summed E-state index contributed by atoms with van der Waals surface area (Å²) in [7, 11) is 1.67. The number of nitrogens with zero attached hydrogens (tertiary/aromatic N) is 5. The zero-order valence-corrected chi connectivity index (χ0v) is 19.8. The van der Waals surface area contributed by atoms with Crippen LogP contribution >= 0.6 is 0 Å². The summed E-state index contributed by atoms with van der Waals surface area (Å²) < 4.78 is 7.89. The molecule has 4 heterocycles. The molecule has 0 amide bonds. The third kappa shape index (κ3) is 4.31. The summed E-state index contributed by atoms with van der Waals surface area (Å²) >= 11 is 0. The summed E-state index contributed by atoms with van der Waals surface area (Å²) in [6.45, 7) is 14.2. The van der Waals surface area contributed by atoms with E-state index in [2.05, 4.69) is 55.5 Å². The molecule has 0 bridgehead atoms. The number of rotatable bonds is 7. The van der Waals surface area contributed by atoms with Gasteiger partial charge in [-0.15, -0.1) is 0 Å². The number of methoxy groups -OCH3 is 1. The molecule has 3 aromatic heterocycles. The molecular weight excluding hydrogens is 386 g/mol. The van der Waals surface area contributed by atoms with Gasteiger partial charge >= 0.3 is 0 Å². The Hall–Kier alpha value is -2.47. The Morgan fingerprint density at radius 3 is 2.45 bits per heavy atom. The van der Waals surface area contributed by atoms with Crippen molar-refractivity contribution >= 4 is 11.2 Å². The molecule has 0 radical (unpaired) electrons. The molecule has 1 unspecified atom stereocenters. The van der Waals surface area contributed by atoms with Crippen molar-refractivity contribution in [1.82, 2.24) is 24.4 Å². The fourth-order valence-corrected chi connectivity index (χ4v) is 4.56. The van der Waals surface area contributed by atoms with Crippen molar-refractivity contribution in [2.75, 3.05) is 20.2 Å². The van der Waals surface area contributed by atoms with Crippen LogP contribution < -0.4 is 4.74 Å². The highest BCUT2D eigenvalue weighted by Gasteiger charge is 2.20. The molecule has 31 heavy (non-hydrogen) atoms. The Labute approximate surface area is 185 Å². The van der Waals surface area contributed by atoms with Crippen molar-refractivity contribution in [2.24, 2.45) is 0 Å². The second-order valence-corrected chi connectivity index (χ2v) is 9.16. The van der Waals surface area contributed by atoms with Gasteiger partial charge in [0, 0.05) is 24.5 Å². The standard InChI is InChI=1S/C25H35N5O/c1-16(2)21-10-9-20(25(27-21)31-6)23-19(5)26-24-22(28-23)17(3)15-30(24)14-11-18(4)29-12-7-8-13-29/h9-10,15-16,18H,7-8,11-14H2,1-6H3. The SMILES string of the molecule is COc1nc(C(C)C)ccc1-c1nc2c(C)cn(CCC(C)N3CCCC3)c2nc1C. The lowest BCUT2D eigenvalue weighted by Crippen LogP contribution is -2.30. The van der Waals surface area contributed by atoms with E-state index in [-0.39, 0.29) is 0 Å². The number of likely N-dealkylation sites (tertiary alicyclic amines) is 1. The summed E-state index contributed by atoms with van der Waals surface area (Å²) in [5.41, 5.74) is 6.75. The predicted octanol–water partition coefficient (Wildman–Crippen LogP) is 5.12. The van der Waals surface area contributed by atoms with Crippen LogP contribution in [0.3, 0.4) is 0 Å². The van der Waals surface area contributed by atoms with Gasteiger partial charge in [0.05, 0.1) is 24.1 Å². The van der Waals surface area contributed by atoms with Crippen LogP contribution in [-0.4, -0.2) is 50.7 Å². The molecule has 3 aromatic rings. The molecule has 1 atom stereocenters. The fraction of sp³-hybridized carbons (Fsp3) is 0.560. The molecule has 0 saturated carbocycles. The molecule has 6 heteroatoms. The van der Waals surface area contributed by atoms with E-state index in [1.807, 2.05) is 6.92 Å². The van der Waals surface area contributed by atoms with Gasteiger partial charge in [0.25, 0.3) is 0 Å². The van der Waals surface area contributed by atoms with Crippen LogP contribution in [0.2, 0.25) is 0 Å². The van der Waals surface area contributed by atoms with Crippen molar-refractivity contribution in [3.05, 3.63) is 35.3 Å². The van der Waals surface area contributed by atoms with E-state index in [0.29, 0.717) is 17.8 Å². The third-order valence-electron chi connectivity index (χ3n) is 6.52. The number of fused-ring (bicyclic) bond motifs is 1. The molecule has 1 aliphatic heterocycles. The Balaban J connectivity index is 1.66. The van der Waals surface area contributed by atoms with Gasteiger partial charge < -0.3 is 14.2 Å². The zero-order valence-electron chi connectivity index (χ0n) is 19.8. The molecule has 166 valence electrons. The van der Waals surface area contributed by atoms with E-state index in [9.17, 15) is 0 Å². The topological polar surface area (TPSA) is 56.1 Å². The molecule has 0 spiro atoms. The van der Waals surface area contributed by atoms with Crippen molar-refractivity contribution in [3.8, 4) is 17.1 Å². The molecule has 0 aromatic carbocycles. The maximum absolute atomic E-state index is 5.62. The lowest BCUT2D eigenvalue weighted by atomic mass is 10.1. The molecule has 6 nitrogen and oxygen atoms in total. The quantitative estimate of drug-likeness (QED) is 0.530. The monoisotopic (exact) mass is 421 g/mol. The molecule has 0 aliphatic carbocycles. The Morgan fingerprint density at radius 1 is 1.03 bits per heavy atom. The van der Waals surface area contributed by atoms with Gasteiger partial charge in [0.2, 0.25) is 5.88 Å². The molecule has 0 N–H and O–H groups in total. The summed E-state index contributed by atoms with van der Waals surface area (Å²) in [6.07, 6.45) is 5.99. The van der Waals surface area contributed by atoms with Gasteiger partial charge in [-0.2, -0.15) is 0 Å². The summed E-state index contributed by atoms with van der Waals surface area (Å²) in [6, 6.07) is 4.73. The minimum absolute atomic E-state index is 0.344. The Bertz CT molecular complexity index is 1070. The minimum atomic E-state index is 0.344. The van der Waals surface area contributed by atoms with Crippen LogP contribution in [0.15, 0.2) is 18.3 Å². The first-order chi connectivity index (χ1) is 14.9. The number of pyridine rings is 1. The van der Waals surface area contributed by atoms with E-state index < -0.39 is 0 Å². The van der Waals surface area contributed by atoms with Gasteiger partial charge in [-0.05, 0) is 76.7 Å². The molecular formula is C25H35N5O. The Kier molecular flexibility index (Phi) is 6.28. The Morgan fingerprint density at radius 2 is 1.77 bits per heavy atom. The van der Waals surface area contributed by atoms with Crippen molar-refractivity contribution in [2.45, 2.75) is 72.4 Å². The third-order valence-corrected chi connectivity index (χ3v) is 6.52. The summed E-state index contributed by atoms with van der Waals surface area (Å²) in [4.78, 5) is 17.3. The highest BCUT2D eigenvalue weighted by Crippen LogP contribution is 2.32. The largest absolute Gasteiger partial charge is 0.480 e. The van der Waals surface area contributed by atoms with Crippen molar-refractivity contribution < 1.29 is 4.74 Å². The maximum Gasteiger partial charge on any atom is 0.222 e. The number of hydrogen-bond donors (Lipinski definition) is 0. The van der Waals surface area contributed by atoms with Gasteiger partial charge in [0.15, 0.2) is 5.65 Å². The van der Waals surface area contributed by atoms with Gasteiger partial charge in [-0.1, -0.05) is 13.8 Å². The van der Waals surface area contributed by atoms with E-state index in [1.165, 1.54) is 25.9 Å². The second kappa shape index (κ2) is 8.95. The number of ether oxygens (including phenoxy) is 1. The van der Waals surface area contributed by atoms with Gasteiger partial charge in [0.1, 0.15) is 5.52 Å². The number of hydrogen-bond acceptors (Lipinski definition) is 5. The van der Waals surface area contributed by atoms with Crippen LogP contribution in [0.4, 0.5) is 0 Å². The van der Waals surface area contributed by atoms with Crippen molar-refractivity contribution in [1.29, 1.82) is 0 Å². The van der Waals surface area contributed by atoms with E-state index >= 15 is 0 Å². The predicted molar refractivity (Wildman–Crippen MR) is 126 cm³/mol. The summed E-state index contributed by atoms with van der Waals surface area (Å²) in [5, 5.41) is 0. The normalized spacial score (nSPS) is 15.8. The average molecular weight is 422 g/mol. The first-order valence-electron chi connectivity index (χ1n) is 11.5. The molecule has 1 saturated heterocycles. The number of aromatic nitrogens is 4. The van der Waals surface area contributed by atoms with Crippen LogP contribution in [0, 0.1) is 13.8 Å². The van der Waals surface area contributed by atoms with E-state index in [4.69, 9.17) is 19.7 Å². The van der Waals surface area contributed by atoms with Crippen molar-refractivity contribution in [3.63, 3.8) is 0 Å². The first kappa shape index (κ1) is 21.8. The average Bonchev–Trinajstić information content (AvgIpc) is 3.40. The maximum atomic E-state index is 5.62. The lowest BCUT2D eigenvalue weighted by molar-refractivity contribution is 0.240. The molecule has 1 aliphatic rings. The highest BCUT2D eigenvalue weighted by molar-refractivity contribution is 5.80. The molecule has 1 fully saturated rings.